The van der Waals surface area contributed by atoms with Crippen LogP contribution in [0.1, 0.15) is 13.3 Å². The first kappa shape index (κ1) is 21.1. The van der Waals surface area contributed by atoms with Crippen molar-refractivity contribution < 1.29 is 14.6 Å². The highest BCUT2D eigenvalue weighted by atomic mass is 35.5. The van der Waals surface area contributed by atoms with E-state index in [0.717, 1.165) is 30.5 Å². The third kappa shape index (κ3) is 6.19. The summed E-state index contributed by atoms with van der Waals surface area (Å²) in [5, 5.41) is 16.4. The number of hydrogen-bond acceptors (Lipinski definition) is 5. The van der Waals surface area contributed by atoms with E-state index in [1.165, 1.54) is 6.92 Å². The molecule has 0 spiro atoms. The summed E-state index contributed by atoms with van der Waals surface area (Å²) in [4.78, 5) is 15.4. The van der Waals surface area contributed by atoms with Gasteiger partial charge in [0.25, 0.3) is 0 Å². The zero-order valence-electron chi connectivity index (χ0n) is 16.3. The van der Waals surface area contributed by atoms with Crippen LogP contribution in [0.5, 0.6) is 5.75 Å². The molecule has 2 aromatic carbocycles. The number of halogens is 1. The molecular weight excluding hydrogens is 392 g/mol. The first-order chi connectivity index (χ1) is 14.0. The third-order valence-electron chi connectivity index (χ3n) is 4.34. The average Bonchev–Trinajstić information content (AvgIpc) is 3.10. The van der Waals surface area contributed by atoms with Gasteiger partial charge in [-0.1, -0.05) is 23.7 Å². The lowest BCUT2D eigenvalue weighted by atomic mass is 10.3. The topological polar surface area (TPSA) is 88.4 Å². The molecule has 0 saturated carbocycles. The Kier molecular flexibility index (Phi) is 7.46. The van der Waals surface area contributed by atoms with E-state index in [2.05, 4.69) is 26.3 Å². The number of nitrogens with one attached hydrogen (secondary N) is 2. The Hall–Kier alpha value is -2.61. The van der Waals surface area contributed by atoms with Crippen molar-refractivity contribution in [1.82, 2.24) is 14.9 Å². The van der Waals surface area contributed by atoms with E-state index in [1.807, 2.05) is 24.5 Å². The fraction of sp³-hybridized carbons (Fsp3) is 0.333. The Morgan fingerprint density at radius 1 is 1.31 bits per heavy atom. The number of carbonyl (C=O) groups excluding carboxylic acids is 1. The van der Waals surface area contributed by atoms with E-state index in [-0.39, 0.29) is 12.5 Å². The number of imidazole rings is 1. The highest BCUT2D eigenvalue weighted by Crippen LogP contribution is 2.27. The van der Waals surface area contributed by atoms with Gasteiger partial charge in [-0.25, -0.2) is 4.98 Å². The number of nitrogens with zero attached hydrogens (tertiary/aromatic N) is 2. The van der Waals surface area contributed by atoms with Crippen molar-refractivity contribution in [1.29, 1.82) is 0 Å². The molecule has 0 saturated heterocycles. The van der Waals surface area contributed by atoms with Crippen LogP contribution in [0.4, 0.5) is 5.69 Å². The minimum Gasteiger partial charge on any atom is -0.489 e. The molecule has 0 aliphatic rings. The van der Waals surface area contributed by atoms with Crippen LogP contribution in [0.15, 0.2) is 48.8 Å². The predicted octanol–water partition coefficient (Wildman–Crippen LogP) is 3.07. The fourth-order valence-corrected chi connectivity index (χ4v) is 3.21. The molecule has 1 unspecified atom stereocenters. The fourth-order valence-electron chi connectivity index (χ4n) is 2.98. The van der Waals surface area contributed by atoms with Gasteiger partial charge in [-0.3, -0.25) is 4.79 Å². The van der Waals surface area contributed by atoms with Crippen molar-refractivity contribution >= 4 is 34.2 Å². The first-order valence-corrected chi connectivity index (χ1v) is 9.89. The summed E-state index contributed by atoms with van der Waals surface area (Å²) in [7, 11) is 0. The number of aryl methyl sites for hydroxylation is 1. The Morgan fingerprint density at radius 3 is 2.93 bits per heavy atom. The molecule has 7 nitrogen and oxygen atoms in total. The third-order valence-corrected chi connectivity index (χ3v) is 4.64. The summed E-state index contributed by atoms with van der Waals surface area (Å²) < 4.78 is 7.70. The summed E-state index contributed by atoms with van der Waals surface area (Å²) in [5.74, 6) is 0.296. The number of aromatic nitrogens is 2. The van der Waals surface area contributed by atoms with Crippen LogP contribution in [-0.2, 0) is 11.3 Å². The van der Waals surface area contributed by atoms with Crippen molar-refractivity contribution in [3.8, 4) is 5.75 Å². The normalized spacial score (nSPS) is 12.1. The van der Waals surface area contributed by atoms with Crippen LogP contribution in [0.3, 0.4) is 0 Å². The summed E-state index contributed by atoms with van der Waals surface area (Å²) in [5.41, 5.74) is 2.72. The molecule has 1 amide bonds. The summed E-state index contributed by atoms with van der Waals surface area (Å²) >= 11 is 6.15. The number of carbonyl (C=O) groups is 1. The minimum absolute atomic E-state index is 0.123. The standard InChI is InChI=1S/C21H25ClN4O3/c1-15(27)25-16-7-8-21(18(22)11-16)29-13-17(28)12-23-9-4-10-26-14-24-19-5-2-3-6-20(19)26/h2-3,5-8,11,14,17,23,28H,4,9-10,12-13H2,1H3,(H,25,27). The van der Waals surface area contributed by atoms with Gasteiger partial charge in [-0.05, 0) is 43.3 Å². The second-order valence-corrected chi connectivity index (χ2v) is 7.18. The molecule has 3 aromatic rings. The maximum absolute atomic E-state index is 11.1. The van der Waals surface area contributed by atoms with Crippen molar-refractivity contribution in [3.63, 3.8) is 0 Å². The number of benzene rings is 2. The van der Waals surface area contributed by atoms with Crippen LogP contribution in [0.2, 0.25) is 5.02 Å². The highest BCUT2D eigenvalue weighted by Gasteiger charge is 2.09. The quantitative estimate of drug-likeness (QED) is 0.442. The summed E-state index contributed by atoms with van der Waals surface area (Å²) in [6.45, 7) is 3.61. The van der Waals surface area contributed by atoms with Gasteiger partial charge in [0, 0.05) is 25.7 Å². The number of anilines is 1. The number of para-hydroxylation sites is 2. The van der Waals surface area contributed by atoms with E-state index >= 15 is 0 Å². The van der Waals surface area contributed by atoms with E-state index in [4.69, 9.17) is 16.3 Å². The summed E-state index contributed by atoms with van der Waals surface area (Å²) in [6.07, 6.45) is 2.12. The minimum atomic E-state index is -0.657. The predicted molar refractivity (Wildman–Crippen MR) is 114 cm³/mol. The monoisotopic (exact) mass is 416 g/mol. The number of fused-ring (bicyclic) bond motifs is 1. The number of rotatable bonds is 10. The zero-order valence-corrected chi connectivity index (χ0v) is 17.0. The maximum Gasteiger partial charge on any atom is 0.221 e. The van der Waals surface area contributed by atoms with Crippen molar-refractivity contribution in [2.45, 2.75) is 26.0 Å². The molecule has 0 bridgehead atoms. The Morgan fingerprint density at radius 2 is 2.14 bits per heavy atom. The van der Waals surface area contributed by atoms with Crippen molar-refractivity contribution in [2.24, 2.45) is 0 Å². The average molecular weight is 417 g/mol. The van der Waals surface area contributed by atoms with Crippen LogP contribution >= 0.6 is 11.6 Å². The molecule has 8 heteroatoms. The van der Waals surface area contributed by atoms with E-state index in [0.29, 0.717) is 23.0 Å². The molecular formula is C21H25ClN4O3. The van der Waals surface area contributed by atoms with Gasteiger partial charge < -0.3 is 25.0 Å². The molecule has 154 valence electrons. The number of hydrogen-bond donors (Lipinski definition) is 3. The van der Waals surface area contributed by atoms with Crippen LogP contribution in [-0.4, -0.2) is 46.4 Å². The number of ether oxygens (including phenoxy) is 1. The van der Waals surface area contributed by atoms with E-state index in [1.54, 1.807) is 18.2 Å². The van der Waals surface area contributed by atoms with Gasteiger partial charge in [0.05, 0.1) is 22.4 Å². The Bertz CT molecular complexity index is 960. The molecule has 29 heavy (non-hydrogen) atoms. The zero-order chi connectivity index (χ0) is 20.6. The molecule has 0 aliphatic carbocycles. The Balaban J connectivity index is 1.35. The molecule has 0 aliphatic heterocycles. The van der Waals surface area contributed by atoms with Gasteiger partial charge in [-0.15, -0.1) is 0 Å². The first-order valence-electron chi connectivity index (χ1n) is 9.51. The lowest BCUT2D eigenvalue weighted by molar-refractivity contribution is -0.114. The number of amides is 1. The molecule has 3 N–H and O–H groups in total. The lowest BCUT2D eigenvalue weighted by Gasteiger charge is -2.15. The van der Waals surface area contributed by atoms with Crippen molar-refractivity contribution in [2.75, 3.05) is 25.0 Å². The summed E-state index contributed by atoms with van der Waals surface area (Å²) in [6, 6.07) is 13.0. The second-order valence-electron chi connectivity index (χ2n) is 6.78. The molecule has 3 rings (SSSR count). The maximum atomic E-state index is 11.1. The Labute approximate surface area is 174 Å². The van der Waals surface area contributed by atoms with Gasteiger partial charge >= 0.3 is 0 Å². The van der Waals surface area contributed by atoms with E-state index in [9.17, 15) is 9.90 Å². The largest absolute Gasteiger partial charge is 0.489 e. The van der Waals surface area contributed by atoms with E-state index < -0.39 is 6.10 Å². The SMILES string of the molecule is CC(=O)Nc1ccc(OCC(O)CNCCCn2cnc3ccccc32)c(Cl)c1. The van der Waals surface area contributed by atoms with Crippen LogP contribution in [0, 0.1) is 0 Å². The molecule has 1 aromatic heterocycles. The smallest absolute Gasteiger partial charge is 0.221 e. The second kappa shape index (κ2) is 10.2. The highest BCUT2D eigenvalue weighted by molar-refractivity contribution is 6.32. The number of aliphatic hydroxyl groups is 1. The van der Waals surface area contributed by atoms with Crippen molar-refractivity contribution in [3.05, 3.63) is 53.8 Å². The number of aliphatic hydroxyl groups excluding tert-OH is 1. The van der Waals surface area contributed by atoms with Gasteiger partial charge in [0.1, 0.15) is 18.5 Å². The molecule has 0 radical (unpaired) electrons. The lowest BCUT2D eigenvalue weighted by Crippen LogP contribution is -2.32. The molecule has 0 fully saturated rings. The molecule has 1 atom stereocenters. The molecule has 1 heterocycles. The van der Waals surface area contributed by atoms with Gasteiger partial charge in [-0.2, -0.15) is 0 Å². The van der Waals surface area contributed by atoms with Crippen LogP contribution in [0.25, 0.3) is 11.0 Å². The van der Waals surface area contributed by atoms with Crippen LogP contribution < -0.4 is 15.4 Å². The van der Waals surface area contributed by atoms with Gasteiger partial charge in [0.15, 0.2) is 0 Å². The van der Waals surface area contributed by atoms with Gasteiger partial charge in [0.2, 0.25) is 5.91 Å².